The van der Waals surface area contributed by atoms with Crippen molar-refractivity contribution in [3.8, 4) is 0 Å². The minimum Gasteiger partial charge on any atom is -0.384 e. The number of benzene rings is 2. The zero-order chi connectivity index (χ0) is 14.2. The minimum atomic E-state index is -1.31. The van der Waals surface area contributed by atoms with Crippen LogP contribution in [0.4, 0.5) is 8.78 Å². The lowest BCUT2D eigenvalue weighted by Gasteiger charge is -2.15. The minimum absolute atomic E-state index is 0.0144. The second-order valence-corrected chi connectivity index (χ2v) is 5.97. The van der Waals surface area contributed by atoms with Crippen molar-refractivity contribution in [3.63, 3.8) is 0 Å². The summed E-state index contributed by atoms with van der Waals surface area (Å²) in [6.07, 6.45) is -1.31. The van der Waals surface area contributed by atoms with Gasteiger partial charge in [-0.3, -0.25) is 0 Å². The van der Waals surface area contributed by atoms with E-state index in [4.69, 9.17) is 11.6 Å². The Morgan fingerprint density at radius 2 is 1.68 bits per heavy atom. The van der Waals surface area contributed by atoms with E-state index < -0.39 is 17.7 Å². The molecule has 0 aromatic heterocycles. The van der Waals surface area contributed by atoms with Gasteiger partial charge in [-0.1, -0.05) is 27.5 Å². The summed E-state index contributed by atoms with van der Waals surface area (Å²) in [6, 6.07) is 6.30. The Balaban J connectivity index is 2.52. The summed E-state index contributed by atoms with van der Waals surface area (Å²) in [4.78, 5) is 0. The normalized spacial score (nSPS) is 12.5. The van der Waals surface area contributed by atoms with Crippen molar-refractivity contribution in [2.75, 3.05) is 0 Å². The Bertz CT molecular complexity index is 634. The van der Waals surface area contributed by atoms with Crippen LogP contribution >= 0.6 is 43.5 Å². The maximum Gasteiger partial charge on any atom is 0.130 e. The highest BCUT2D eigenvalue weighted by Gasteiger charge is 2.19. The zero-order valence-corrected chi connectivity index (χ0v) is 13.2. The van der Waals surface area contributed by atoms with Gasteiger partial charge in [-0.15, -0.1) is 0 Å². The summed E-state index contributed by atoms with van der Waals surface area (Å²) >= 11 is 12.2. The smallest absolute Gasteiger partial charge is 0.130 e. The molecule has 1 atom stereocenters. The van der Waals surface area contributed by atoms with Crippen molar-refractivity contribution in [3.05, 3.63) is 67.1 Å². The molecule has 0 radical (unpaired) electrons. The Labute approximate surface area is 130 Å². The van der Waals surface area contributed by atoms with Crippen molar-refractivity contribution in [2.24, 2.45) is 0 Å². The largest absolute Gasteiger partial charge is 0.384 e. The molecule has 0 aliphatic carbocycles. The van der Waals surface area contributed by atoms with Crippen LogP contribution in [0.2, 0.25) is 5.02 Å². The van der Waals surface area contributed by atoms with E-state index in [0.717, 1.165) is 12.1 Å². The van der Waals surface area contributed by atoms with Crippen molar-refractivity contribution >= 4 is 43.5 Å². The molecule has 0 bridgehead atoms. The molecule has 2 aromatic rings. The SMILES string of the molecule is OC(c1cc(Cl)c(Br)cc1F)c1cc(F)ccc1Br. The molecule has 0 spiro atoms. The summed E-state index contributed by atoms with van der Waals surface area (Å²) in [7, 11) is 0. The lowest BCUT2D eigenvalue weighted by atomic mass is 10.0. The molecule has 0 saturated heterocycles. The number of hydrogen-bond donors (Lipinski definition) is 1. The first kappa shape index (κ1) is 14.9. The highest BCUT2D eigenvalue weighted by Crippen LogP contribution is 2.34. The first-order valence-corrected chi connectivity index (χ1v) is 7.14. The van der Waals surface area contributed by atoms with E-state index >= 15 is 0 Å². The van der Waals surface area contributed by atoms with E-state index in [0.29, 0.717) is 8.95 Å². The van der Waals surface area contributed by atoms with Crippen LogP contribution in [0.25, 0.3) is 0 Å². The van der Waals surface area contributed by atoms with Gasteiger partial charge in [0.25, 0.3) is 0 Å². The maximum atomic E-state index is 13.8. The van der Waals surface area contributed by atoms with Crippen LogP contribution in [-0.4, -0.2) is 5.11 Å². The molecule has 1 N–H and O–H groups in total. The average Bonchev–Trinajstić information content (AvgIpc) is 2.36. The van der Waals surface area contributed by atoms with Crippen LogP contribution in [0.1, 0.15) is 17.2 Å². The molecule has 1 unspecified atom stereocenters. The number of rotatable bonds is 2. The zero-order valence-electron chi connectivity index (χ0n) is 9.30. The van der Waals surface area contributed by atoms with Gasteiger partial charge in [0.15, 0.2) is 0 Å². The fraction of sp³-hybridized carbons (Fsp3) is 0.0769. The fourth-order valence-electron chi connectivity index (χ4n) is 1.64. The maximum absolute atomic E-state index is 13.8. The third-order valence-corrected chi connectivity index (χ3v) is 4.51. The van der Waals surface area contributed by atoms with Gasteiger partial charge >= 0.3 is 0 Å². The molecule has 2 aromatic carbocycles. The molecule has 0 saturated carbocycles. The van der Waals surface area contributed by atoms with Crippen LogP contribution in [-0.2, 0) is 0 Å². The van der Waals surface area contributed by atoms with E-state index in [1.807, 2.05) is 0 Å². The molecule has 6 heteroatoms. The van der Waals surface area contributed by atoms with Gasteiger partial charge in [0.05, 0.1) is 5.02 Å². The Hall–Kier alpha value is -0.490. The van der Waals surface area contributed by atoms with Crippen molar-refractivity contribution in [2.45, 2.75) is 6.10 Å². The summed E-state index contributed by atoms with van der Waals surface area (Å²) in [5.41, 5.74) is 0.219. The molecule has 0 amide bonds. The predicted molar refractivity (Wildman–Crippen MR) is 77.3 cm³/mol. The molecule has 0 aliphatic heterocycles. The second-order valence-electron chi connectivity index (χ2n) is 3.86. The molecular weight excluding hydrogens is 405 g/mol. The van der Waals surface area contributed by atoms with E-state index in [9.17, 15) is 13.9 Å². The number of halogens is 5. The monoisotopic (exact) mass is 410 g/mol. The molecule has 0 heterocycles. The molecule has 100 valence electrons. The van der Waals surface area contributed by atoms with Crippen LogP contribution in [0.15, 0.2) is 39.3 Å². The topological polar surface area (TPSA) is 20.2 Å². The summed E-state index contributed by atoms with van der Waals surface area (Å²) in [5, 5.41) is 10.4. The van der Waals surface area contributed by atoms with Gasteiger partial charge in [-0.2, -0.15) is 0 Å². The standard InChI is InChI=1S/C13H7Br2ClF2O/c14-9-2-1-6(17)3-7(9)13(19)8-4-11(16)10(15)5-12(8)18/h1-5,13,19H. The van der Waals surface area contributed by atoms with Gasteiger partial charge in [0.2, 0.25) is 0 Å². The third-order valence-electron chi connectivity index (χ3n) is 2.59. The van der Waals surface area contributed by atoms with Crippen molar-refractivity contribution in [1.29, 1.82) is 0 Å². The van der Waals surface area contributed by atoms with Crippen molar-refractivity contribution < 1.29 is 13.9 Å². The van der Waals surface area contributed by atoms with Gasteiger partial charge < -0.3 is 5.11 Å². The van der Waals surface area contributed by atoms with Gasteiger partial charge in [0, 0.05) is 20.1 Å². The number of aliphatic hydroxyl groups is 1. The number of hydrogen-bond acceptors (Lipinski definition) is 1. The third kappa shape index (κ3) is 3.16. The molecular formula is C13H7Br2ClF2O. The summed E-state index contributed by atoms with van der Waals surface area (Å²) < 4.78 is 27.9. The quantitative estimate of drug-likeness (QED) is 0.670. The first-order chi connectivity index (χ1) is 8.90. The Morgan fingerprint density at radius 3 is 2.37 bits per heavy atom. The molecule has 0 aliphatic rings. The van der Waals surface area contributed by atoms with Crippen LogP contribution in [0.3, 0.4) is 0 Å². The highest BCUT2D eigenvalue weighted by molar-refractivity contribution is 9.10. The van der Waals surface area contributed by atoms with E-state index in [2.05, 4.69) is 31.9 Å². The molecule has 1 nitrogen and oxygen atoms in total. The van der Waals surface area contributed by atoms with Crippen LogP contribution in [0.5, 0.6) is 0 Å². The van der Waals surface area contributed by atoms with Crippen molar-refractivity contribution in [1.82, 2.24) is 0 Å². The summed E-state index contributed by atoms with van der Waals surface area (Å²) in [5.74, 6) is -1.14. The number of aliphatic hydroxyl groups excluding tert-OH is 1. The molecule has 0 fully saturated rings. The summed E-state index contributed by atoms with van der Waals surface area (Å²) in [6.45, 7) is 0. The first-order valence-electron chi connectivity index (χ1n) is 5.17. The lowest BCUT2D eigenvalue weighted by molar-refractivity contribution is 0.213. The molecule has 2 rings (SSSR count). The Morgan fingerprint density at radius 1 is 1.00 bits per heavy atom. The second kappa shape index (κ2) is 5.87. The van der Waals surface area contributed by atoms with E-state index in [-0.39, 0.29) is 16.1 Å². The van der Waals surface area contributed by atoms with E-state index in [1.165, 1.54) is 18.2 Å². The van der Waals surface area contributed by atoms with Crippen LogP contribution < -0.4 is 0 Å². The van der Waals surface area contributed by atoms with E-state index in [1.54, 1.807) is 0 Å². The Kier molecular flexibility index (Phi) is 4.61. The predicted octanol–water partition coefficient (Wildman–Crippen LogP) is 5.22. The average molecular weight is 412 g/mol. The molecule has 19 heavy (non-hydrogen) atoms. The van der Waals surface area contributed by atoms with Gasteiger partial charge in [-0.05, 0) is 46.3 Å². The highest BCUT2D eigenvalue weighted by atomic mass is 79.9. The van der Waals surface area contributed by atoms with Gasteiger partial charge in [0.1, 0.15) is 17.7 Å². The van der Waals surface area contributed by atoms with Gasteiger partial charge in [-0.25, -0.2) is 8.78 Å². The lowest BCUT2D eigenvalue weighted by Crippen LogP contribution is -2.04. The fourth-order valence-corrected chi connectivity index (χ4v) is 2.59. The van der Waals surface area contributed by atoms with Crippen LogP contribution in [0, 0.1) is 11.6 Å².